The normalized spacial score (nSPS) is 17.9. The first kappa shape index (κ1) is 24.9. The quantitative estimate of drug-likeness (QED) is 0.570. The Labute approximate surface area is 202 Å². The molecule has 0 spiro atoms. The van der Waals surface area contributed by atoms with Crippen molar-refractivity contribution in [3.05, 3.63) is 58.7 Å². The number of hydrogen-bond acceptors (Lipinski definition) is 5. The second-order valence-corrected chi connectivity index (χ2v) is 8.89. The van der Waals surface area contributed by atoms with E-state index in [-0.39, 0.29) is 28.5 Å². The van der Waals surface area contributed by atoms with Gasteiger partial charge in [0.25, 0.3) is 5.91 Å². The Hall–Kier alpha value is -3.25. The minimum absolute atomic E-state index is 0.0450. The van der Waals surface area contributed by atoms with Crippen molar-refractivity contribution in [1.29, 1.82) is 5.26 Å². The Morgan fingerprint density at radius 3 is 2.23 bits per heavy atom. The number of nitrogens with zero attached hydrogens (tertiary/aromatic N) is 2. The third-order valence-corrected chi connectivity index (χ3v) is 6.69. The maximum absolute atomic E-state index is 13.3. The maximum atomic E-state index is 13.3. The van der Waals surface area contributed by atoms with E-state index >= 15 is 0 Å². The van der Waals surface area contributed by atoms with Gasteiger partial charge in [-0.3, -0.25) is 4.79 Å². The van der Waals surface area contributed by atoms with Crippen LogP contribution in [0.15, 0.2) is 36.4 Å². The Kier molecular flexibility index (Phi) is 7.22. The molecule has 2 saturated heterocycles. The molecule has 2 aromatic rings. The topological polar surface area (TPSA) is 71.8 Å². The van der Waals surface area contributed by atoms with Crippen LogP contribution in [0.25, 0.3) is 0 Å². The van der Waals surface area contributed by atoms with E-state index in [0.29, 0.717) is 19.0 Å². The lowest BCUT2D eigenvalue weighted by Gasteiger charge is -2.40. The van der Waals surface area contributed by atoms with Gasteiger partial charge in [0.1, 0.15) is 17.4 Å². The molecule has 0 saturated carbocycles. The first-order chi connectivity index (χ1) is 16.7. The Balaban J connectivity index is 1.50. The molecule has 9 heteroatoms. The Bertz CT molecular complexity index is 1100. The highest BCUT2D eigenvalue weighted by atomic mass is 19.4. The molecule has 4 rings (SSSR count). The number of carbonyl (C=O) groups is 1. The third-order valence-electron chi connectivity index (χ3n) is 6.69. The van der Waals surface area contributed by atoms with Gasteiger partial charge in [0.05, 0.1) is 12.7 Å². The van der Waals surface area contributed by atoms with Crippen LogP contribution in [0.3, 0.4) is 0 Å². The van der Waals surface area contributed by atoms with Gasteiger partial charge in [0, 0.05) is 32.2 Å². The number of carbonyl (C=O) groups excluding carboxylic acids is 1. The SMILES string of the molecule is COc1c(C#N)ccc(O[C@H](C)C(F)(F)F)c1C(=O)N1CC(c2ccc(C3CCOCC3)cc2)C1. The molecular formula is C26H27F3N2O4. The molecule has 2 aliphatic heterocycles. The molecule has 0 unspecified atom stereocenters. The molecule has 186 valence electrons. The summed E-state index contributed by atoms with van der Waals surface area (Å²) < 4.78 is 55.1. The van der Waals surface area contributed by atoms with Crippen LogP contribution >= 0.6 is 0 Å². The lowest BCUT2D eigenvalue weighted by atomic mass is 9.87. The first-order valence-electron chi connectivity index (χ1n) is 11.5. The predicted molar refractivity (Wildman–Crippen MR) is 122 cm³/mol. The highest BCUT2D eigenvalue weighted by Crippen LogP contribution is 2.38. The minimum Gasteiger partial charge on any atom is -0.494 e. The van der Waals surface area contributed by atoms with Crippen molar-refractivity contribution < 1.29 is 32.2 Å². The average molecular weight is 489 g/mol. The number of ether oxygens (including phenoxy) is 3. The summed E-state index contributed by atoms with van der Waals surface area (Å²) in [5, 5.41) is 9.39. The molecule has 0 N–H and O–H groups in total. The Morgan fingerprint density at radius 1 is 1.09 bits per heavy atom. The van der Waals surface area contributed by atoms with Crippen molar-refractivity contribution in [3.8, 4) is 17.6 Å². The minimum atomic E-state index is -4.61. The number of halogens is 3. The molecule has 2 heterocycles. The second kappa shape index (κ2) is 10.2. The summed E-state index contributed by atoms with van der Waals surface area (Å²) in [7, 11) is 1.27. The zero-order valence-corrected chi connectivity index (χ0v) is 19.6. The monoisotopic (exact) mass is 488 g/mol. The number of likely N-dealkylation sites (tertiary alicyclic amines) is 1. The number of benzene rings is 2. The van der Waals surface area contributed by atoms with E-state index in [9.17, 15) is 23.2 Å². The number of methoxy groups -OCH3 is 1. The lowest BCUT2D eigenvalue weighted by Crippen LogP contribution is -2.48. The summed E-state index contributed by atoms with van der Waals surface area (Å²) in [6.07, 6.45) is -4.73. The molecule has 2 fully saturated rings. The van der Waals surface area contributed by atoms with Gasteiger partial charge in [0.2, 0.25) is 0 Å². The summed E-state index contributed by atoms with van der Waals surface area (Å²) in [4.78, 5) is 14.9. The maximum Gasteiger partial charge on any atom is 0.425 e. The standard InChI is InChI=1S/C26H27F3N2O4/c1-16(26(27,28)29)35-22-8-7-20(13-30)24(33-2)23(22)25(32)31-14-21(15-31)18-5-3-17(4-6-18)19-9-11-34-12-10-19/h3-8,16,19,21H,9-12,14-15H2,1-2H3/t16-/m1/s1. The average Bonchev–Trinajstić information content (AvgIpc) is 2.83. The molecule has 0 aliphatic carbocycles. The van der Waals surface area contributed by atoms with Crippen LogP contribution in [0.4, 0.5) is 13.2 Å². The second-order valence-electron chi connectivity index (χ2n) is 8.89. The van der Waals surface area contributed by atoms with Crippen molar-refractivity contribution >= 4 is 5.91 Å². The molecule has 2 aliphatic rings. The largest absolute Gasteiger partial charge is 0.494 e. The lowest BCUT2D eigenvalue weighted by molar-refractivity contribution is -0.189. The smallest absolute Gasteiger partial charge is 0.425 e. The first-order valence-corrected chi connectivity index (χ1v) is 11.5. The fraction of sp³-hybridized carbons (Fsp3) is 0.462. The van der Waals surface area contributed by atoms with Gasteiger partial charge in [-0.1, -0.05) is 24.3 Å². The highest BCUT2D eigenvalue weighted by molar-refractivity contribution is 6.01. The van der Waals surface area contributed by atoms with Gasteiger partial charge < -0.3 is 19.1 Å². The molecule has 2 aromatic carbocycles. The number of amides is 1. The van der Waals surface area contributed by atoms with Crippen LogP contribution in [0.5, 0.6) is 11.5 Å². The molecule has 6 nitrogen and oxygen atoms in total. The van der Waals surface area contributed by atoms with Gasteiger partial charge in [-0.2, -0.15) is 18.4 Å². The van der Waals surface area contributed by atoms with Crippen molar-refractivity contribution in [2.75, 3.05) is 33.4 Å². The van der Waals surface area contributed by atoms with Crippen LogP contribution in [0, 0.1) is 11.3 Å². The summed E-state index contributed by atoms with van der Waals surface area (Å²) in [6, 6.07) is 12.8. The van der Waals surface area contributed by atoms with Crippen LogP contribution in [-0.2, 0) is 4.74 Å². The number of hydrogen-bond donors (Lipinski definition) is 0. The fourth-order valence-corrected chi connectivity index (χ4v) is 4.51. The molecule has 35 heavy (non-hydrogen) atoms. The molecule has 0 aromatic heterocycles. The van der Waals surface area contributed by atoms with Crippen molar-refractivity contribution in [1.82, 2.24) is 4.90 Å². The molecular weight excluding hydrogens is 461 g/mol. The van der Waals surface area contributed by atoms with Crippen LogP contribution in [0.1, 0.15) is 58.6 Å². The zero-order valence-electron chi connectivity index (χ0n) is 19.6. The van der Waals surface area contributed by atoms with Gasteiger partial charge in [-0.25, -0.2) is 0 Å². The fourth-order valence-electron chi connectivity index (χ4n) is 4.51. The van der Waals surface area contributed by atoms with Gasteiger partial charge in [-0.05, 0) is 48.9 Å². The van der Waals surface area contributed by atoms with E-state index in [1.165, 1.54) is 29.7 Å². The van der Waals surface area contributed by atoms with Crippen molar-refractivity contribution in [3.63, 3.8) is 0 Å². The summed E-state index contributed by atoms with van der Waals surface area (Å²) >= 11 is 0. The van der Waals surface area contributed by atoms with Crippen molar-refractivity contribution in [2.24, 2.45) is 0 Å². The van der Waals surface area contributed by atoms with E-state index < -0.39 is 18.2 Å². The highest BCUT2D eigenvalue weighted by Gasteiger charge is 2.40. The molecule has 0 bridgehead atoms. The van der Waals surface area contributed by atoms with E-state index in [1.54, 1.807) is 0 Å². The number of nitriles is 1. The van der Waals surface area contributed by atoms with Gasteiger partial charge in [0.15, 0.2) is 11.9 Å². The van der Waals surface area contributed by atoms with E-state index in [4.69, 9.17) is 14.2 Å². The summed E-state index contributed by atoms with van der Waals surface area (Å²) in [6.45, 7) is 3.22. The van der Waals surface area contributed by atoms with E-state index in [1.807, 2.05) is 6.07 Å². The molecule has 0 radical (unpaired) electrons. The zero-order chi connectivity index (χ0) is 25.2. The molecule has 1 amide bonds. The molecule has 1 atom stereocenters. The van der Waals surface area contributed by atoms with E-state index in [2.05, 4.69) is 24.3 Å². The van der Waals surface area contributed by atoms with Crippen molar-refractivity contribution in [2.45, 2.75) is 43.9 Å². The summed E-state index contributed by atoms with van der Waals surface area (Å²) in [5.74, 6) is -0.270. The van der Waals surface area contributed by atoms with Gasteiger partial charge in [-0.15, -0.1) is 0 Å². The number of alkyl halides is 3. The van der Waals surface area contributed by atoms with E-state index in [0.717, 1.165) is 38.5 Å². The Morgan fingerprint density at radius 2 is 1.69 bits per heavy atom. The van der Waals surface area contributed by atoms with Crippen LogP contribution in [-0.4, -0.2) is 56.5 Å². The number of rotatable bonds is 6. The van der Waals surface area contributed by atoms with Crippen LogP contribution in [0.2, 0.25) is 0 Å². The third kappa shape index (κ3) is 5.22. The summed E-state index contributed by atoms with van der Waals surface area (Å²) in [5.41, 5.74) is 2.26. The predicted octanol–water partition coefficient (Wildman–Crippen LogP) is 5.03. The van der Waals surface area contributed by atoms with Gasteiger partial charge >= 0.3 is 6.18 Å². The van der Waals surface area contributed by atoms with Crippen LogP contribution < -0.4 is 9.47 Å².